The normalized spacial score (nSPS) is 20.9. The molecule has 1 aliphatic rings. The third-order valence-corrected chi connectivity index (χ3v) is 5.20. The van der Waals surface area contributed by atoms with E-state index in [1.807, 2.05) is 0 Å². The topological polar surface area (TPSA) is 39.1 Å². The lowest BCUT2D eigenvalue weighted by Crippen LogP contribution is -2.13. The van der Waals surface area contributed by atoms with Crippen LogP contribution in [0, 0.1) is 0 Å². The van der Waals surface area contributed by atoms with E-state index < -0.39 is 32.7 Å². The van der Waals surface area contributed by atoms with Crippen molar-refractivity contribution in [3.05, 3.63) is 59.4 Å². The number of nitrogens with zero attached hydrogens (tertiary/aromatic N) is 1. The zero-order valence-corrected chi connectivity index (χ0v) is 10.9. The first kappa shape index (κ1) is 13.2. The van der Waals surface area contributed by atoms with Crippen molar-refractivity contribution in [2.75, 3.05) is 0 Å². The number of benzene rings is 1. The molecule has 7 heteroatoms. The van der Waals surface area contributed by atoms with Crippen molar-refractivity contribution in [3.8, 4) is 0 Å². The summed E-state index contributed by atoms with van der Waals surface area (Å²) in [6.45, 7) is 0. The summed E-state index contributed by atoms with van der Waals surface area (Å²) in [6, 6.07) is 9.19. The van der Waals surface area contributed by atoms with E-state index in [-0.39, 0.29) is 5.69 Å². The predicted octanol–water partition coefficient (Wildman–Crippen LogP) is 2.98. The van der Waals surface area contributed by atoms with Crippen LogP contribution in [0.2, 0.25) is 0 Å². The van der Waals surface area contributed by atoms with E-state index in [2.05, 4.69) is 0 Å². The largest absolute Gasteiger partial charge is 0.418 e. The maximum Gasteiger partial charge on any atom is 0.418 e. The SMILES string of the molecule is O=S1(=O)Cc2c(C(F)(F)F)ccn2C1c1ccccc1. The second-order valence-electron chi connectivity index (χ2n) is 4.65. The van der Waals surface area contributed by atoms with Gasteiger partial charge in [0.1, 0.15) is 0 Å². The van der Waals surface area contributed by atoms with Crippen LogP contribution < -0.4 is 0 Å². The molecule has 0 saturated carbocycles. The molecule has 1 aromatic carbocycles. The summed E-state index contributed by atoms with van der Waals surface area (Å²) in [5.41, 5.74) is -0.596. The summed E-state index contributed by atoms with van der Waals surface area (Å²) in [5.74, 6) is -0.589. The van der Waals surface area contributed by atoms with Gasteiger partial charge in [-0.15, -0.1) is 0 Å². The molecule has 1 unspecified atom stereocenters. The van der Waals surface area contributed by atoms with E-state index in [1.54, 1.807) is 30.3 Å². The van der Waals surface area contributed by atoms with Gasteiger partial charge < -0.3 is 4.57 Å². The Morgan fingerprint density at radius 1 is 1.10 bits per heavy atom. The zero-order chi connectivity index (χ0) is 14.5. The molecule has 0 N–H and O–H groups in total. The molecule has 0 saturated heterocycles. The van der Waals surface area contributed by atoms with Gasteiger partial charge in [-0.1, -0.05) is 30.3 Å². The van der Waals surface area contributed by atoms with Crippen molar-refractivity contribution in [3.63, 3.8) is 0 Å². The van der Waals surface area contributed by atoms with Crippen molar-refractivity contribution in [2.24, 2.45) is 0 Å². The standard InChI is InChI=1S/C13H10F3NO2S/c14-13(15,16)10-6-7-17-11(10)8-20(18,19)12(17)9-4-2-1-3-5-9/h1-7,12H,8H2. The minimum atomic E-state index is -4.54. The van der Waals surface area contributed by atoms with Crippen LogP contribution >= 0.6 is 0 Å². The van der Waals surface area contributed by atoms with Crippen LogP contribution in [0.5, 0.6) is 0 Å². The molecule has 2 aromatic rings. The van der Waals surface area contributed by atoms with E-state index in [1.165, 1.54) is 10.8 Å². The van der Waals surface area contributed by atoms with Crippen molar-refractivity contribution in [1.29, 1.82) is 0 Å². The maximum absolute atomic E-state index is 12.8. The molecule has 3 rings (SSSR count). The smallest absolute Gasteiger partial charge is 0.329 e. The summed E-state index contributed by atoms with van der Waals surface area (Å²) in [4.78, 5) is 0. The fourth-order valence-corrected chi connectivity index (χ4v) is 4.50. The average Bonchev–Trinajstić information content (AvgIpc) is 2.83. The number of hydrogen-bond donors (Lipinski definition) is 0. The summed E-state index contributed by atoms with van der Waals surface area (Å²) in [6.07, 6.45) is -3.35. The molecule has 1 aliphatic heterocycles. The third-order valence-electron chi connectivity index (χ3n) is 3.35. The second-order valence-corrected chi connectivity index (χ2v) is 6.71. The summed E-state index contributed by atoms with van der Waals surface area (Å²) >= 11 is 0. The van der Waals surface area contributed by atoms with E-state index >= 15 is 0 Å². The van der Waals surface area contributed by atoms with Crippen LogP contribution in [0.25, 0.3) is 0 Å². The first-order valence-corrected chi connectivity index (χ1v) is 7.56. The van der Waals surface area contributed by atoms with Gasteiger partial charge >= 0.3 is 6.18 Å². The molecule has 0 aliphatic carbocycles. The number of fused-ring (bicyclic) bond motifs is 1. The lowest BCUT2D eigenvalue weighted by molar-refractivity contribution is -0.138. The zero-order valence-electron chi connectivity index (χ0n) is 10.1. The molecule has 1 atom stereocenters. The lowest BCUT2D eigenvalue weighted by Gasteiger charge is -2.13. The molecule has 0 radical (unpaired) electrons. The molecule has 0 fully saturated rings. The quantitative estimate of drug-likeness (QED) is 0.812. The van der Waals surface area contributed by atoms with E-state index in [0.717, 1.165) is 6.07 Å². The van der Waals surface area contributed by atoms with Crippen LogP contribution in [0.15, 0.2) is 42.6 Å². The summed E-state index contributed by atoms with van der Waals surface area (Å²) < 4.78 is 64.1. The van der Waals surface area contributed by atoms with Crippen molar-refractivity contribution in [2.45, 2.75) is 17.3 Å². The Morgan fingerprint density at radius 3 is 2.35 bits per heavy atom. The van der Waals surface area contributed by atoms with Crippen LogP contribution in [0.3, 0.4) is 0 Å². The van der Waals surface area contributed by atoms with Gasteiger partial charge in [-0.2, -0.15) is 13.2 Å². The predicted molar refractivity (Wildman–Crippen MR) is 66.6 cm³/mol. The van der Waals surface area contributed by atoms with Gasteiger partial charge in [-0.25, -0.2) is 8.42 Å². The van der Waals surface area contributed by atoms with E-state index in [0.29, 0.717) is 5.56 Å². The fourth-order valence-electron chi connectivity index (χ4n) is 2.54. The number of halogens is 3. The first-order chi connectivity index (χ1) is 9.31. The molecule has 0 spiro atoms. The van der Waals surface area contributed by atoms with Gasteiger partial charge in [0.15, 0.2) is 15.2 Å². The maximum atomic E-state index is 12.8. The van der Waals surface area contributed by atoms with Crippen LogP contribution in [-0.2, 0) is 21.8 Å². The van der Waals surface area contributed by atoms with Crippen molar-refractivity contribution in [1.82, 2.24) is 4.57 Å². The van der Waals surface area contributed by atoms with E-state index in [9.17, 15) is 21.6 Å². The molecule has 106 valence electrons. The molecule has 1 aromatic heterocycles. The number of rotatable bonds is 1. The molecule has 0 bridgehead atoms. The highest BCUT2D eigenvalue weighted by Gasteiger charge is 2.44. The molecule has 0 amide bonds. The number of hydrogen-bond acceptors (Lipinski definition) is 2. The Labute approximate surface area is 113 Å². The number of aromatic nitrogens is 1. The Morgan fingerprint density at radius 2 is 1.75 bits per heavy atom. The lowest BCUT2D eigenvalue weighted by atomic mass is 10.2. The monoisotopic (exact) mass is 301 g/mol. The highest BCUT2D eigenvalue weighted by Crippen LogP contribution is 2.42. The minimum Gasteiger partial charge on any atom is -0.329 e. The molecular weight excluding hydrogens is 291 g/mol. The van der Waals surface area contributed by atoms with Crippen LogP contribution in [0.1, 0.15) is 22.2 Å². The van der Waals surface area contributed by atoms with Crippen LogP contribution in [0.4, 0.5) is 13.2 Å². The van der Waals surface area contributed by atoms with Gasteiger partial charge in [0.05, 0.1) is 11.3 Å². The Bertz CT molecular complexity index is 748. The van der Waals surface area contributed by atoms with Gasteiger partial charge in [0.2, 0.25) is 0 Å². The Hall–Kier alpha value is -1.76. The molecule has 3 nitrogen and oxygen atoms in total. The Kier molecular flexibility index (Phi) is 2.72. The number of alkyl halides is 3. The van der Waals surface area contributed by atoms with Crippen molar-refractivity contribution < 1.29 is 21.6 Å². The summed E-state index contributed by atoms with van der Waals surface area (Å²) in [7, 11) is -3.68. The molecular formula is C13H10F3NO2S. The average molecular weight is 301 g/mol. The second kappa shape index (κ2) is 4.12. The van der Waals surface area contributed by atoms with E-state index in [4.69, 9.17) is 0 Å². The summed E-state index contributed by atoms with van der Waals surface area (Å²) in [5, 5.41) is -1.07. The fraction of sp³-hybridized carbons (Fsp3) is 0.231. The van der Waals surface area contributed by atoms with Gasteiger partial charge in [-0.3, -0.25) is 0 Å². The molecule has 20 heavy (non-hydrogen) atoms. The number of sulfone groups is 1. The van der Waals surface area contributed by atoms with Crippen molar-refractivity contribution >= 4 is 9.84 Å². The van der Waals surface area contributed by atoms with Gasteiger partial charge in [-0.05, 0) is 11.6 Å². The van der Waals surface area contributed by atoms with Crippen LogP contribution in [-0.4, -0.2) is 13.0 Å². The first-order valence-electron chi connectivity index (χ1n) is 5.84. The van der Waals surface area contributed by atoms with Gasteiger partial charge in [0.25, 0.3) is 0 Å². The minimum absolute atomic E-state index is 0.189. The Balaban J connectivity index is 2.18. The third kappa shape index (κ3) is 1.93. The molecule has 2 heterocycles. The highest BCUT2D eigenvalue weighted by molar-refractivity contribution is 7.91. The highest BCUT2D eigenvalue weighted by atomic mass is 32.2. The van der Waals surface area contributed by atoms with Gasteiger partial charge in [0, 0.05) is 11.9 Å².